The predicted molar refractivity (Wildman–Crippen MR) is 106 cm³/mol. The summed E-state index contributed by atoms with van der Waals surface area (Å²) in [6.45, 7) is 2.02. The van der Waals surface area contributed by atoms with Crippen molar-refractivity contribution in [2.75, 3.05) is 0 Å². The molecule has 2 heterocycles. The summed E-state index contributed by atoms with van der Waals surface area (Å²) in [5, 5.41) is 6.27. The van der Waals surface area contributed by atoms with Crippen LogP contribution in [0.4, 0.5) is 8.78 Å². The fourth-order valence-electron chi connectivity index (χ4n) is 3.47. The summed E-state index contributed by atoms with van der Waals surface area (Å²) in [5.41, 5.74) is 4.56. The molecule has 0 atom stereocenters. The minimum atomic E-state index is -0.386. The van der Waals surface area contributed by atoms with E-state index in [9.17, 15) is 8.78 Å². The summed E-state index contributed by atoms with van der Waals surface area (Å²) < 4.78 is 29.5. The predicted octanol–water partition coefficient (Wildman–Crippen LogP) is 5.83. The Labute approximate surface area is 159 Å². The van der Waals surface area contributed by atoms with Gasteiger partial charge in [0, 0.05) is 22.5 Å². The van der Waals surface area contributed by atoms with Crippen molar-refractivity contribution >= 4 is 21.8 Å². The minimum absolute atomic E-state index is 0.286. The van der Waals surface area contributed by atoms with Gasteiger partial charge in [0.05, 0.1) is 11.2 Å². The van der Waals surface area contributed by atoms with E-state index in [4.69, 9.17) is 5.10 Å². The van der Waals surface area contributed by atoms with Crippen LogP contribution in [0.5, 0.6) is 0 Å². The van der Waals surface area contributed by atoms with Gasteiger partial charge < -0.3 is 0 Å². The number of aryl methyl sites for hydroxylation is 1. The monoisotopic (exact) mass is 371 g/mol. The summed E-state index contributed by atoms with van der Waals surface area (Å²) >= 11 is 0. The number of benzene rings is 3. The summed E-state index contributed by atoms with van der Waals surface area (Å²) in [7, 11) is 0. The smallest absolute Gasteiger partial charge is 0.149 e. The second kappa shape index (κ2) is 6.23. The maximum atomic E-state index is 14.3. The van der Waals surface area contributed by atoms with Crippen LogP contribution in [-0.4, -0.2) is 14.8 Å². The van der Waals surface area contributed by atoms with E-state index in [2.05, 4.69) is 4.98 Å². The molecule has 0 aliphatic heterocycles. The molecule has 0 amide bonds. The zero-order valence-electron chi connectivity index (χ0n) is 15.0. The maximum absolute atomic E-state index is 14.3. The molecule has 5 aromatic rings. The summed E-state index contributed by atoms with van der Waals surface area (Å²) in [4.78, 5) is 4.35. The first-order valence-electron chi connectivity index (χ1n) is 8.91. The van der Waals surface area contributed by atoms with Crippen molar-refractivity contribution in [2.45, 2.75) is 6.92 Å². The van der Waals surface area contributed by atoms with Gasteiger partial charge in [-0.2, -0.15) is 5.10 Å². The highest BCUT2D eigenvalue weighted by Gasteiger charge is 2.18. The van der Waals surface area contributed by atoms with Crippen LogP contribution in [0.1, 0.15) is 5.56 Å². The molecule has 28 heavy (non-hydrogen) atoms. The molecular weight excluding hydrogens is 356 g/mol. The van der Waals surface area contributed by atoms with Gasteiger partial charge in [-0.1, -0.05) is 42.0 Å². The van der Waals surface area contributed by atoms with Crippen LogP contribution in [0.25, 0.3) is 38.8 Å². The van der Waals surface area contributed by atoms with Crippen LogP contribution >= 0.6 is 0 Å². The molecule has 5 rings (SSSR count). The van der Waals surface area contributed by atoms with Crippen molar-refractivity contribution in [1.29, 1.82) is 0 Å². The number of pyridine rings is 1. The molecule has 0 bridgehead atoms. The summed E-state index contributed by atoms with van der Waals surface area (Å²) in [6.07, 6.45) is 1.66. The van der Waals surface area contributed by atoms with Crippen LogP contribution in [0.15, 0.2) is 72.9 Å². The highest BCUT2D eigenvalue weighted by atomic mass is 19.1. The fraction of sp³-hybridized carbons (Fsp3) is 0.0435. The largest absolute Gasteiger partial charge is 0.252 e. The molecule has 0 radical (unpaired) electrons. The highest BCUT2D eigenvalue weighted by molar-refractivity contribution is 6.08. The molecule has 3 aromatic carbocycles. The van der Waals surface area contributed by atoms with Gasteiger partial charge in [0.2, 0.25) is 0 Å². The number of fused-ring (bicyclic) bond motifs is 3. The van der Waals surface area contributed by atoms with Crippen LogP contribution in [-0.2, 0) is 0 Å². The van der Waals surface area contributed by atoms with Gasteiger partial charge in [-0.05, 0) is 37.3 Å². The number of rotatable bonds is 2. The second-order valence-corrected chi connectivity index (χ2v) is 6.76. The van der Waals surface area contributed by atoms with E-state index in [1.807, 2.05) is 37.3 Å². The lowest BCUT2D eigenvalue weighted by Gasteiger charge is -2.06. The van der Waals surface area contributed by atoms with Gasteiger partial charge >= 0.3 is 0 Å². The average Bonchev–Trinajstić information content (AvgIpc) is 3.10. The Morgan fingerprint density at radius 2 is 1.57 bits per heavy atom. The molecule has 0 saturated heterocycles. The molecule has 0 spiro atoms. The molecule has 2 aromatic heterocycles. The minimum Gasteiger partial charge on any atom is -0.252 e. The van der Waals surface area contributed by atoms with Crippen molar-refractivity contribution in [3.05, 3.63) is 90.1 Å². The molecule has 136 valence electrons. The molecule has 0 unspecified atom stereocenters. The lowest BCUT2D eigenvalue weighted by Crippen LogP contribution is -1.98. The number of nitrogens with zero attached hydrogens (tertiary/aromatic N) is 3. The normalized spacial score (nSPS) is 11.4. The van der Waals surface area contributed by atoms with Crippen LogP contribution in [0.3, 0.4) is 0 Å². The molecule has 0 fully saturated rings. The van der Waals surface area contributed by atoms with Gasteiger partial charge in [-0.25, -0.2) is 13.5 Å². The molecule has 0 aliphatic rings. The first-order valence-corrected chi connectivity index (χ1v) is 8.91. The fourth-order valence-corrected chi connectivity index (χ4v) is 3.47. The van der Waals surface area contributed by atoms with Gasteiger partial charge in [0.1, 0.15) is 22.8 Å². The summed E-state index contributed by atoms with van der Waals surface area (Å²) in [6, 6.07) is 19.0. The third kappa shape index (κ3) is 2.55. The van der Waals surface area contributed by atoms with Crippen molar-refractivity contribution in [2.24, 2.45) is 0 Å². The van der Waals surface area contributed by atoms with Gasteiger partial charge in [-0.15, -0.1) is 0 Å². The zero-order valence-corrected chi connectivity index (χ0v) is 15.0. The van der Waals surface area contributed by atoms with Crippen LogP contribution in [0, 0.1) is 18.6 Å². The first-order chi connectivity index (χ1) is 13.6. The van der Waals surface area contributed by atoms with E-state index in [1.165, 1.54) is 18.2 Å². The first kappa shape index (κ1) is 16.6. The lowest BCUT2D eigenvalue weighted by molar-refractivity contribution is 0.627. The van der Waals surface area contributed by atoms with Gasteiger partial charge in [0.15, 0.2) is 0 Å². The maximum Gasteiger partial charge on any atom is 0.149 e. The number of para-hydroxylation sites is 1. The zero-order chi connectivity index (χ0) is 19.3. The average molecular weight is 371 g/mol. The van der Waals surface area contributed by atoms with Gasteiger partial charge in [0.25, 0.3) is 0 Å². The van der Waals surface area contributed by atoms with Crippen LogP contribution < -0.4 is 0 Å². The third-order valence-corrected chi connectivity index (χ3v) is 4.88. The molecule has 3 nitrogen and oxygen atoms in total. The Bertz CT molecular complexity index is 1320. The Balaban J connectivity index is 1.90. The van der Waals surface area contributed by atoms with Crippen molar-refractivity contribution in [3.8, 4) is 16.9 Å². The second-order valence-electron chi connectivity index (χ2n) is 6.76. The lowest BCUT2D eigenvalue weighted by atomic mass is 10.1. The van der Waals surface area contributed by atoms with Crippen LogP contribution in [0.2, 0.25) is 0 Å². The van der Waals surface area contributed by atoms with Crippen molar-refractivity contribution in [3.63, 3.8) is 0 Å². The number of aromatic nitrogens is 3. The molecule has 0 aliphatic carbocycles. The highest BCUT2D eigenvalue weighted by Crippen LogP contribution is 2.34. The quantitative estimate of drug-likeness (QED) is 0.391. The van der Waals surface area contributed by atoms with E-state index in [0.29, 0.717) is 11.1 Å². The van der Waals surface area contributed by atoms with E-state index in [1.54, 1.807) is 29.1 Å². The van der Waals surface area contributed by atoms with Crippen molar-refractivity contribution < 1.29 is 8.78 Å². The number of hydrogen-bond acceptors (Lipinski definition) is 2. The summed E-state index contributed by atoms with van der Waals surface area (Å²) in [5.74, 6) is -0.709. The van der Waals surface area contributed by atoms with E-state index in [0.717, 1.165) is 27.7 Å². The number of hydrogen-bond donors (Lipinski definition) is 0. The Hall–Kier alpha value is -3.60. The standard InChI is InChI=1S/C23H15F2N3/c1-14-5-7-15(8-6-14)21-19-13-26-22-18(3-2-4-20(22)25)23(19)28(27-21)17-11-9-16(24)10-12-17/h2-13H,1H3. The van der Waals surface area contributed by atoms with E-state index < -0.39 is 0 Å². The molecule has 0 saturated carbocycles. The van der Waals surface area contributed by atoms with Crippen molar-refractivity contribution in [1.82, 2.24) is 14.8 Å². The Morgan fingerprint density at radius 1 is 0.821 bits per heavy atom. The number of halogens is 2. The third-order valence-electron chi connectivity index (χ3n) is 4.88. The molecule has 5 heteroatoms. The Morgan fingerprint density at radius 3 is 2.32 bits per heavy atom. The topological polar surface area (TPSA) is 30.7 Å². The SMILES string of the molecule is Cc1ccc(-c2nn(-c3ccc(F)cc3)c3c2cnc2c(F)cccc23)cc1. The molecular formula is C23H15F2N3. The van der Waals surface area contributed by atoms with E-state index >= 15 is 0 Å². The Kier molecular flexibility index (Phi) is 3.69. The van der Waals surface area contributed by atoms with E-state index in [-0.39, 0.29) is 17.2 Å². The van der Waals surface area contributed by atoms with Gasteiger partial charge in [-0.3, -0.25) is 4.98 Å². The molecule has 0 N–H and O–H groups in total.